The zero-order valence-electron chi connectivity index (χ0n) is 12.0. The minimum atomic E-state index is -0.597. The standard InChI is InChI=1S/C14H26O4/c1-5-7-8-9-12-11(13(15)16-6-2)10-17-14(3,4)18-12/h11-12H,5-10H2,1-4H3/t11-,12+/m0/s1. The molecular weight excluding hydrogens is 232 g/mol. The average molecular weight is 258 g/mol. The third-order valence-corrected chi connectivity index (χ3v) is 3.18. The summed E-state index contributed by atoms with van der Waals surface area (Å²) in [5, 5.41) is 0. The Morgan fingerprint density at radius 3 is 2.67 bits per heavy atom. The Balaban J connectivity index is 2.59. The molecule has 18 heavy (non-hydrogen) atoms. The fraction of sp³-hybridized carbons (Fsp3) is 0.929. The molecule has 0 spiro atoms. The maximum atomic E-state index is 11.9. The Morgan fingerprint density at radius 1 is 1.33 bits per heavy atom. The van der Waals surface area contributed by atoms with Crippen molar-refractivity contribution in [3.8, 4) is 0 Å². The van der Waals surface area contributed by atoms with Crippen LogP contribution in [0, 0.1) is 5.92 Å². The summed E-state index contributed by atoms with van der Waals surface area (Å²) in [6, 6.07) is 0. The number of rotatable bonds is 6. The van der Waals surface area contributed by atoms with Gasteiger partial charge in [0.15, 0.2) is 5.79 Å². The van der Waals surface area contributed by atoms with Gasteiger partial charge in [-0.25, -0.2) is 0 Å². The Kier molecular flexibility index (Phi) is 6.09. The van der Waals surface area contributed by atoms with Crippen molar-refractivity contribution in [2.45, 2.75) is 65.3 Å². The van der Waals surface area contributed by atoms with Gasteiger partial charge >= 0.3 is 5.97 Å². The molecule has 0 aliphatic carbocycles. The smallest absolute Gasteiger partial charge is 0.313 e. The summed E-state index contributed by atoms with van der Waals surface area (Å²) in [4.78, 5) is 11.9. The van der Waals surface area contributed by atoms with Crippen LogP contribution in [0.3, 0.4) is 0 Å². The first-order chi connectivity index (χ1) is 8.50. The monoisotopic (exact) mass is 258 g/mol. The second-order valence-corrected chi connectivity index (χ2v) is 5.22. The van der Waals surface area contributed by atoms with Crippen molar-refractivity contribution >= 4 is 5.97 Å². The summed E-state index contributed by atoms with van der Waals surface area (Å²) < 4.78 is 16.5. The normalized spacial score (nSPS) is 26.9. The molecule has 0 bridgehead atoms. The summed E-state index contributed by atoms with van der Waals surface area (Å²) in [5.41, 5.74) is 0. The molecule has 0 radical (unpaired) electrons. The van der Waals surface area contributed by atoms with E-state index in [1.807, 2.05) is 20.8 Å². The van der Waals surface area contributed by atoms with Crippen LogP contribution in [-0.4, -0.2) is 31.1 Å². The van der Waals surface area contributed by atoms with Crippen molar-refractivity contribution in [3.05, 3.63) is 0 Å². The van der Waals surface area contributed by atoms with Gasteiger partial charge in [-0.15, -0.1) is 0 Å². The fourth-order valence-corrected chi connectivity index (χ4v) is 2.20. The molecule has 1 heterocycles. The zero-order chi connectivity index (χ0) is 13.6. The number of hydrogen-bond donors (Lipinski definition) is 0. The van der Waals surface area contributed by atoms with E-state index in [1.165, 1.54) is 0 Å². The molecule has 4 heteroatoms. The average Bonchev–Trinajstić information content (AvgIpc) is 2.28. The maximum Gasteiger partial charge on any atom is 0.313 e. The Bertz CT molecular complexity index is 263. The lowest BCUT2D eigenvalue weighted by Gasteiger charge is -2.40. The quantitative estimate of drug-likeness (QED) is 0.543. The molecule has 0 aromatic heterocycles. The molecule has 1 aliphatic heterocycles. The van der Waals surface area contributed by atoms with Crippen LogP contribution in [0.4, 0.5) is 0 Å². The van der Waals surface area contributed by atoms with Crippen LogP contribution in [0.25, 0.3) is 0 Å². The third-order valence-electron chi connectivity index (χ3n) is 3.18. The molecule has 0 amide bonds. The topological polar surface area (TPSA) is 44.8 Å². The van der Waals surface area contributed by atoms with Gasteiger partial charge in [-0.05, 0) is 27.2 Å². The molecule has 1 rings (SSSR count). The molecule has 106 valence electrons. The SMILES string of the molecule is CCCCC[C@H]1OC(C)(C)OC[C@@H]1C(=O)OCC. The van der Waals surface area contributed by atoms with Crippen LogP contribution in [0.1, 0.15) is 53.4 Å². The van der Waals surface area contributed by atoms with E-state index in [0.717, 1.165) is 25.7 Å². The number of carbonyl (C=O) groups is 1. The van der Waals surface area contributed by atoms with Crippen LogP contribution in [0.2, 0.25) is 0 Å². The first-order valence-electron chi connectivity index (χ1n) is 6.98. The van der Waals surface area contributed by atoms with Crippen molar-refractivity contribution in [1.82, 2.24) is 0 Å². The molecule has 0 saturated carbocycles. The molecule has 2 atom stereocenters. The van der Waals surface area contributed by atoms with Crippen LogP contribution < -0.4 is 0 Å². The highest BCUT2D eigenvalue weighted by Crippen LogP contribution is 2.30. The van der Waals surface area contributed by atoms with E-state index in [2.05, 4.69) is 6.92 Å². The van der Waals surface area contributed by atoms with E-state index in [1.54, 1.807) is 0 Å². The minimum Gasteiger partial charge on any atom is -0.466 e. The zero-order valence-corrected chi connectivity index (χ0v) is 12.0. The summed E-state index contributed by atoms with van der Waals surface area (Å²) in [7, 11) is 0. The van der Waals surface area contributed by atoms with Crippen LogP contribution in [0.5, 0.6) is 0 Å². The van der Waals surface area contributed by atoms with Crippen LogP contribution in [-0.2, 0) is 19.0 Å². The highest BCUT2D eigenvalue weighted by Gasteiger charge is 2.40. The van der Waals surface area contributed by atoms with E-state index >= 15 is 0 Å². The molecule has 0 unspecified atom stereocenters. The second kappa shape index (κ2) is 7.10. The summed E-state index contributed by atoms with van der Waals surface area (Å²) in [5.74, 6) is -1.08. The molecular formula is C14H26O4. The van der Waals surface area contributed by atoms with Gasteiger partial charge in [-0.2, -0.15) is 0 Å². The predicted octanol–water partition coefficient (Wildman–Crippen LogP) is 2.90. The lowest BCUT2D eigenvalue weighted by atomic mass is 9.96. The fourth-order valence-electron chi connectivity index (χ4n) is 2.20. The minimum absolute atomic E-state index is 0.0839. The number of ether oxygens (including phenoxy) is 3. The van der Waals surface area contributed by atoms with Crippen molar-refractivity contribution in [3.63, 3.8) is 0 Å². The molecule has 0 aromatic rings. The first kappa shape index (κ1) is 15.4. The van der Waals surface area contributed by atoms with E-state index in [4.69, 9.17) is 14.2 Å². The second-order valence-electron chi connectivity index (χ2n) is 5.22. The molecule has 1 aliphatic rings. The third kappa shape index (κ3) is 4.58. The number of esters is 1. The summed E-state index contributed by atoms with van der Waals surface area (Å²) >= 11 is 0. The van der Waals surface area contributed by atoms with E-state index in [9.17, 15) is 4.79 Å². The molecule has 4 nitrogen and oxygen atoms in total. The Morgan fingerprint density at radius 2 is 2.06 bits per heavy atom. The van der Waals surface area contributed by atoms with Crippen LogP contribution in [0.15, 0.2) is 0 Å². The molecule has 0 aromatic carbocycles. The number of hydrogen-bond acceptors (Lipinski definition) is 4. The predicted molar refractivity (Wildman–Crippen MR) is 69.2 cm³/mol. The van der Waals surface area contributed by atoms with Gasteiger partial charge in [0.2, 0.25) is 0 Å². The Hall–Kier alpha value is -0.610. The first-order valence-corrected chi connectivity index (χ1v) is 6.98. The van der Waals surface area contributed by atoms with Gasteiger partial charge in [0.1, 0.15) is 5.92 Å². The van der Waals surface area contributed by atoms with Gasteiger partial charge in [0, 0.05) is 0 Å². The molecule has 1 saturated heterocycles. The van der Waals surface area contributed by atoms with Gasteiger partial charge in [-0.3, -0.25) is 4.79 Å². The number of carbonyl (C=O) groups excluding carboxylic acids is 1. The van der Waals surface area contributed by atoms with Gasteiger partial charge in [-0.1, -0.05) is 26.2 Å². The van der Waals surface area contributed by atoms with Crippen molar-refractivity contribution < 1.29 is 19.0 Å². The van der Waals surface area contributed by atoms with Gasteiger partial charge < -0.3 is 14.2 Å². The summed E-state index contributed by atoms with van der Waals surface area (Å²) in [6.45, 7) is 8.56. The van der Waals surface area contributed by atoms with Gasteiger partial charge in [0.25, 0.3) is 0 Å². The van der Waals surface area contributed by atoms with Crippen molar-refractivity contribution in [2.24, 2.45) is 5.92 Å². The Labute approximate surface area is 110 Å². The van der Waals surface area contributed by atoms with Gasteiger partial charge in [0.05, 0.1) is 19.3 Å². The highest BCUT2D eigenvalue weighted by molar-refractivity contribution is 5.73. The van der Waals surface area contributed by atoms with Crippen LogP contribution >= 0.6 is 0 Å². The largest absolute Gasteiger partial charge is 0.466 e. The van der Waals surface area contributed by atoms with E-state index in [-0.39, 0.29) is 18.0 Å². The maximum absolute atomic E-state index is 11.9. The molecule has 0 N–H and O–H groups in total. The lowest BCUT2D eigenvalue weighted by Crippen LogP contribution is -2.48. The van der Waals surface area contributed by atoms with Crippen molar-refractivity contribution in [2.75, 3.05) is 13.2 Å². The van der Waals surface area contributed by atoms with E-state index in [0.29, 0.717) is 13.2 Å². The summed E-state index contributed by atoms with van der Waals surface area (Å²) in [6.07, 6.45) is 4.21. The number of unbranched alkanes of at least 4 members (excludes halogenated alkanes) is 2. The molecule has 1 fully saturated rings. The highest BCUT2D eigenvalue weighted by atomic mass is 16.7. The van der Waals surface area contributed by atoms with Crippen molar-refractivity contribution in [1.29, 1.82) is 0 Å². The lowest BCUT2D eigenvalue weighted by molar-refractivity contribution is -0.292. The van der Waals surface area contributed by atoms with E-state index < -0.39 is 5.79 Å².